The third-order valence-corrected chi connectivity index (χ3v) is 4.10. The van der Waals surface area contributed by atoms with E-state index in [0.717, 1.165) is 45.2 Å². The van der Waals surface area contributed by atoms with Gasteiger partial charge in [0, 0.05) is 46.3 Å². The normalized spacial score (nSPS) is 16.8. The molecule has 0 unspecified atom stereocenters. The molecule has 0 spiro atoms. The summed E-state index contributed by atoms with van der Waals surface area (Å²) in [7, 11) is 1.67. The van der Waals surface area contributed by atoms with Gasteiger partial charge in [0.05, 0.1) is 12.0 Å². The maximum absolute atomic E-state index is 11.9. The maximum Gasteiger partial charge on any atom is 0.227 e. The Morgan fingerprint density at radius 3 is 2.25 bits per heavy atom. The molecule has 1 aliphatic heterocycles. The van der Waals surface area contributed by atoms with Crippen LogP contribution in [0.1, 0.15) is 34.6 Å². The molecule has 7 heteroatoms. The summed E-state index contributed by atoms with van der Waals surface area (Å²) in [5.74, 6) is 1.66. The van der Waals surface area contributed by atoms with E-state index in [2.05, 4.69) is 41.2 Å². The SMILES string of the molecule is CCNC(=NCC(C)(C)C(=O)NC)N1CCN(CC(C)C)CC1.I. The van der Waals surface area contributed by atoms with E-state index in [1.54, 1.807) is 7.05 Å². The molecular formula is C17H36IN5O. The summed E-state index contributed by atoms with van der Waals surface area (Å²) in [6, 6.07) is 0. The van der Waals surface area contributed by atoms with Gasteiger partial charge in [-0.1, -0.05) is 13.8 Å². The van der Waals surface area contributed by atoms with Gasteiger partial charge in [0.2, 0.25) is 5.91 Å². The number of aliphatic imine (C=N–C) groups is 1. The Labute approximate surface area is 164 Å². The number of hydrogen-bond acceptors (Lipinski definition) is 3. The van der Waals surface area contributed by atoms with E-state index in [4.69, 9.17) is 4.99 Å². The molecule has 1 amide bonds. The largest absolute Gasteiger partial charge is 0.359 e. The molecule has 142 valence electrons. The lowest BCUT2D eigenvalue weighted by atomic mass is 9.93. The van der Waals surface area contributed by atoms with Crippen LogP contribution in [0.4, 0.5) is 0 Å². The molecule has 0 aromatic heterocycles. The molecule has 0 saturated carbocycles. The van der Waals surface area contributed by atoms with Gasteiger partial charge in [0.25, 0.3) is 0 Å². The highest BCUT2D eigenvalue weighted by Gasteiger charge is 2.27. The van der Waals surface area contributed by atoms with Crippen molar-refractivity contribution in [3.8, 4) is 0 Å². The zero-order valence-corrected chi connectivity index (χ0v) is 18.5. The second kappa shape index (κ2) is 11.1. The Hall–Kier alpha value is -0.570. The number of carbonyl (C=O) groups excluding carboxylic acids is 1. The minimum absolute atomic E-state index is 0. The number of amides is 1. The van der Waals surface area contributed by atoms with E-state index in [9.17, 15) is 4.79 Å². The number of nitrogens with one attached hydrogen (secondary N) is 2. The zero-order chi connectivity index (χ0) is 17.5. The summed E-state index contributed by atoms with van der Waals surface area (Å²) in [5.41, 5.74) is -0.491. The minimum atomic E-state index is -0.491. The molecule has 1 saturated heterocycles. The first kappa shape index (κ1) is 23.4. The van der Waals surface area contributed by atoms with Crippen LogP contribution in [0.2, 0.25) is 0 Å². The Morgan fingerprint density at radius 1 is 1.21 bits per heavy atom. The highest BCUT2D eigenvalue weighted by atomic mass is 127. The third-order valence-electron chi connectivity index (χ3n) is 4.10. The number of rotatable bonds is 6. The van der Waals surface area contributed by atoms with Crippen LogP contribution in [0.5, 0.6) is 0 Å². The van der Waals surface area contributed by atoms with Crippen LogP contribution in [0.15, 0.2) is 4.99 Å². The minimum Gasteiger partial charge on any atom is -0.359 e. The molecule has 0 radical (unpaired) electrons. The van der Waals surface area contributed by atoms with Gasteiger partial charge < -0.3 is 15.5 Å². The average Bonchev–Trinajstić information content (AvgIpc) is 2.51. The predicted octanol–water partition coefficient (Wildman–Crippen LogP) is 1.62. The van der Waals surface area contributed by atoms with Gasteiger partial charge in [0.1, 0.15) is 0 Å². The van der Waals surface area contributed by atoms with Crippen LogP contribution < -0.4 is 10.6 Å². The van der Waals surface area contributed by atoms with Crippen LogP contribution in [0.3, 0.4) is 0 Å². The highest BCUT2D eigenvalue weighted by Crippen LogP contribution is 2.16. The smallest absolute Gasteiger partial charge is 0.227 e. The van der Waals surface area contributed by atoms with Crippen molar-refractivity contribution in [2.45, 2.75) is 34.6 Å². The summed E-state index contributed by atoms with van der Waals surface area (Å²) >= 11 is 0. The molecule has 2 N–H and O–H groups in total. The second-order valence-electron chi connectivity index (χ2n) is 7.31. The van der Waals surface area contributed by atoms with Crippen molar-refractivity contribution >= 4 is 35.8 Å². The van der Waals surface area contributed by atoms with Gasteiger partial charge in [-0.15, -0.1) is 24.0 Å². The number of halogens is 1. The van der Waals surface area contributed by atoms with Crippen molar-refractivity contribution in [2.24, 2.45) is 16.3 Å². The Kier molecular flexibility index (Phi) is 10.9. The van der Waals surface area contributed by atoms with Gasteiger partial charge in [-0.05, 0) is 26.7 Å². The van der Waals surface area contributed by atoms with Crippen molar-refractivity contribution in [3.05, 3.63) is 0 Å². The molecule has 1 aliphatic rings. The third kappa shape index (κ3) is 7.55. The molecule has 1 rings (SSSR count). The molecule has 0 aliphatic carbocycles. The van der Waals surface area contributed by atoms with Gasteiger partial charge in [-0.25, -0.2) is 0 Å². The lowest BCUT2D eigenvalue weighted by Gasteiger charge is -2.37. The fourth-order valence-electron chi connectivity index (χ4n) is 2.77. The second-order valence-corrected chi connectivity index (χ2v) is 7.31. The van der Waals surface area contributed by atoms with E-state index >= 15 is 0 Å². The summed E-state index contributed by atoms with van der Waals surface area (Å²) in [6.07, 6.45) is 0. The predicted molar refractivity (Wildman–Crippen MR) is 112 cm³/mol. The first-order chi connectivity index (χ1) is 10.8. The van der Waals surface area contributed by atoms with Crippen LogP contribution in [0.25, 0.3) is 0 Å². The summed E-state index contributed by atoms with van der Waals surface area (Å²) in [5, 5.41) is 6.08. The van der Waals surface area contributed by atoms with Crippen LogP contribution in [-0.2, 0) is 4.79 Å². The Bertz CT molecular complexity index is 404. The maximum atomic E-state index is 11.9. The first-order valence-electron chi connectivity index (χ1n) is 8.78. The summed E-state index contributed by atoms with van der Waals surface area (Å²) < 4.78 is 0. The fourth-order valence-corrected chi connectivity index (χ4v) is 2.77. The fraction of sp³-hybridized carbons (Fsp3) is 0.882. The summed E-state index contributed by atoms with van der Waals surface area (Å²) in [6.45, 7) is 17.1. The molecule has 0 bridgehead atoms. The molecule has 0 aromatic rings. The standard InChI is InChI=1S/C17H35N5O.HI/c1-7-19-16(20-13-17(4,5)15(23)18-6)22-10-8-21(9-11-22)12-14(2)3;/h14H,7-13H2,1-6H3,(H,18,23)(H,19,20);1H. The molecule has 1 fully saturated rings. The van der Waals surface area contributed by atoms with Gasteiger partial charge in [0.15, 0.2) is 5.96 Å². The van der Waals surface area contributed by atoms with E-state index in [1.165, 1.54) is 0 Å². The van der Waals surface area contributed by atoms with Crippen molar-refractivity contribution < 1.29 is 4.79 Å². The van der Waals surface area contributed by atoms with Crippen molar-refractivity contribution in [3.63, 3.8) is 0 Å². The van der Waals surface area contributed by atoms with E-state index in [0.29, 0.717) is 12.5 Å². The van der Waals surface area contributed by atoms with Crippen molar-refractivity contribution in [2.75, 3.05) is 52.9 Å². The lowest BCUT2D eigenvalue weighted by Crippen LogP contribution is -2.53. The van der Waals surface area contributed by atoms with Crippen LogP contribution in [0, 0.1) is 11.3 Å². The number of carbonyl (C=O) groups is 1. The quantitative estimate of drug-likeness (QED) is 0.365. The monoisotopic (exact) mass is 453 g/mol. The highest BCUT2D eigenvalue weighted by molar-refractivity contribution is 14.0. The number of guanidine groups is 1. The van der Waals surface area contributed by atoms with Crippen molar-refractivity contribution in [1.82, 2.24) is 20.4 Å². The van der Waals surface area contributed by atoms with Gasteiger partial charge in [-0.3, -0.25) is 14.7 Å². The van der Waals surface area contributed by atoms with Crippen LogP contribution >= 0.6 is 24.0 Å². The zero-order valence-electron chi connectivity index (χ0n) is 16.2. The van der Waals surface area contributed by atoms with E-state index in [-0.39, 0.29) is 29.9 Å². The lowest BCUT2D eigenvalue weighted by molar-refractivity contribution is -0.128. The van der Waals surface area contributed by atoms with Gasteiger partial charge in [-0.2, -0.15) is 0 Å². The number of nitrogens with zero attached hydrogens (tertiary/aromatic N) is 3. The first-order valence-corrected chi connectivity index (χ1v) is 8.78. The summed E-state index contributed by atoms with van der Waals surface area (Å²) in [4.78, 5) is 21.4. The topological polar surface area (TPSA) is 60.0 Å². The van der Waals surface area contributed by atoms with Crippen molar-refractivity contribution in [1.29, 1.82) is 0 Å². The molecule has 0 atom stereocenters. The van der Waals surface area contributed by atoms with E-state index in [1.807, 2.05) is 13.8 Å². The molecular weight excluding hydrogens is 417 g/mol. The molecule has 6 nitrogen and oxygen atoms in total. The average molecular weight is 453 g/mol. The van der Waals surface area contributed by atoms with Gasteiger partial charge >= 0.3 is 0 Å². The number of hydrogen-bond donors (Lipinski definition) is 2. The Balaban J connectivity index is 0.00000529. The molecule has 24 heavy (non-hydrogen) atoms. The van der Waals surface area contributed by atoms with E-state index < -0.39 is 5.41 Å². The Morgan fingerprint density at radius 2 is 1.79 bits per heavy atom. The molecule has 0 aromatic carbocycles. The van der Waals surface area contributed by atoms with Crippen LogP contribution in [-0.4, -0.2) is 74.5 Å². The number of piperazine rings is 1. The molecule has 1 heterocycles.